The summed E-state index contributed by atoms with van der Waals surface area (Å²) in [5, 5.41) is 8.55. The molecule has 0 aliphatic carbocycles. The quantitative estimate of drug-likeness (QED) is 0.861. The number of primary sulfonamides is 1. The van der Waals surface area contributed by atoms with Gasteiger partial charge in [-0.1, -0.05) is 6.07 Å². The molecule has 0 amide bonds. The summed E-state index contributed by atoms with van der Waals surface area (Å²) in [5.41, 5.74) is 2.11. The average molecular weight is 361 g/mol. The van der Waals surface area contributed by atoms with Crippen LogP contribution in [-0.4, -0.2) is 31.0 Å². The van der Waals surface area contributed by atoms with Crippen LogP contribution in [0, 0.1) is 6.92 Å². The number of rotatable bonds is 4. The number of nitrogens with one attached hydrogen (secondary N) is 1. The molecule has 7 nitrogen and oxygen atoms in total. The normalized spacial score (nSPS) is 14.5. The lowest BCUT2D eigenvalue weighted by Crippen LogP contribution is -2.31. The number of anilines is 2. The number of sulfonamides is 1. The summed E-state index contributed by atoms with van der Waals surface area (Å²) >= 11 is 0. The van der Waals surface area contributed by atoms with E-state index in [4.69, 9.17) is 5.14 Å². The molecule has 1 aliphatic heterocycles. The molecule has 0 saturated heterocycles. The molecule has 8 heteroatoms. The van der Waals surface area contributed by atoms with Crippen LogP contribution in [-0.2, 0) is 23.0 Å². The van der Waals surface area contributed by atoms with Crippen molar-refractivity contribution in [2.24, 2.45) is 5.14 Å². The second kappa shape index (κ2) is 6.61. The fraction of sp³-hybridized carbons (Fsp3) is 0.412. The van der Waals surface area contributed by atoms with Crippen LogP contribution in [0.3, 0.4) is 0 Å². The Bertz CT molecular complexity index is 896. The maximum Gasteiger partial charge on any atom is 0.238 e. The molecule has 3 N–H and O–H groups in total. The number of nitrogens with zero attached hydrogens (tertiary/aromatic N) is 3. The zero-order valence-corrected chi connectivity index (χ0v) is 15.5. The molecule has 0 spiro atoms. The SMILES string of the molecule is Cc1nc(NC(C)C)cc(N2CCc3ccc(S(N)(=O)=O)cc3C2)n1. The number of hydrogen-bond donors (Lipinski definition) is 2. The molecule has 25 heavy (non-hydrogen) atoms. The molecule has 1 aliphatic rings. The molecule has 1 aromatic heterocycles. The summed E-state index contributed by atoms with van der Waals surface area (Å²) in [4.78, 5) is 11.2. The average Bonchev–Trinajstić information content (AvgIpc) is 2.51. The summed E-state index contributed by atoms with van der Waals surface area (Å²) in [5.74, 6) is 2.33. The first-order chi connectivity index (χ1) is 11.7. The molecule has 2 aromatic rings. The second-order valence-electron chi connectivity index (χ2n) is 6.60. The van der Waals surface area contributed by atoms with Gasteiger partial charge < -0.3 is 10.2 Å². The zero-order chi connectivity index (χ0) is 18.2. The summed E-state index contributed by atoms with van der Waals surface area (Å²) in [6, 6.07) is 7.30. The lowest BCUT2D eigenvalue weighted by molar-refractivity contribution is 0.597. The van der Waals surface area contributed by atoms with Crippen LogP contribution < -0.4 is 15.4 Å². The first-order valence-electron chi connectivity index (χ1n) is 8.24. The minimum atomic E-state index is -3.70. The third-order valence-corrected chi connectivity index (χ3v) is 5.01. The minimum absolute atomic E-state index is 0.147. The van der Waals surface area contributed by atoms with Crippen LogP contribution >= 0.6 is 0 Å². The van der Waals surface area contributed by atoms with Crippen molar-refractivity contribution in [1.29, 1.82) is 0 Å². The summed E-state index contributed by atoms with van der Waals surface area (Å²) in [7, 11) is -3.70. The van der Waals surface area contributed by atoms with Crippen molar-refractivity contribution < 1.29 is 8.42 Å². The number of aromatic nitrogens is 2. The Morgan fingerprint density at radius 1 is 1.20 bits per heavy atom. The molecule has 0 bridgehead atoms. The molecular weight excluding hydrogens is 338 g/mol. The molecule has 0 radical (unpaired) electrons. The predicted octanol–water partition coefficient (Wildman–Crippen LogP) is 1.82. The third kappa shape index (κ3) is 4.08. The summed E-state index contributed by atoms with van der Waals surface area (Å²) < 4.78 is 23.2. The Hall–Kier alpha value is -2.19. The lowest BCUT2D eigenvalue weighted by atomic mass is 10.00. The van der Waals surface area contributed by atoms with E-state index in [1.165, 1.54) is 0 Å². The number of aryl methyl sites for hydroxylation is 1. The van der Waals surface area contributed by atoms with Gasteiger partial charge in [0.25, 0.3) is 0 Å². The molecule has 1 aromatic carbocycles. The largest absolute Gasteiger partial charge is 0.368 e. The molecule has 0 atom stereocenters. The fourth-order valence-electron chi connectivity index (χ4n) is 2.99. The monoisotopic (exact) mass is 361 g/mol. The van der Waals surface area contributed by atoms with E-state index in [-0.39, 0.29) is 10.9 Å². The summed E-state index contributed by atoms with van der Waals surface area (Å²) in [6.07, 6.45) is 0.830. The van der Waals surface area contributed by atoms with Crippen molar-refractivity contribution >= 4 is 21.7 Å². The number of fused-ring (bicyclic) bond motifs is 1. The second-order valence-corrected chi connectivity index (χ2v) is 8.17. The van der Waals surface area contributed by atoms with Gasteiger partial charge in [0.05, 0.1) is 4.90 Å². The Balaban J connectivity index is 1.91. The molecule has 0 saturated carbocycles. The van der Waals surface area contributed by atoms with E-state index < -0.39 is 10.0 Å². The van der Waals surface area contributed by atoms with Crippen molar-refractivity contribution in [1.82, 2.24) is 9.97 Å². The van der Waals surface area contributed by atoms with Gasteiger partial charge in [-0.25, -0.2) is 23.5 Å². The van der Waals surface area contributed by atoms with Gasteiger partial charge in [0.2, 0.25) is 10.0 Å². The Kier molecular flexibility index (Phi) is 4.66. The van der Waals surface area contributed by atoms with Gasteiger partial charge in [-0.15, -0.1) is 0 Å². The van der Waals surface area contributed by atoms with Gasteiger partial charge in [0.1, 0.15) is 17.5 Å². The van der Waals surface area contributed by atoms with Crippen LogP contribution in [0.4, 0.5) is 11.6 Å². The van der Waals surface area contributed by atoms with E-state index in [1.54, 1.807) is 12.1 Å². The lowest BCUT2D eigenvalue weighted by Gasteiger charge is -2.30. The third-order valence-electron chi connectivity index (χ3n) is 4.10. The maximum absolute atomic E-state index is 11.6. The van der Waals surface area contributed by atoms with Crippen LogP contribution in [0.5, 0.6) is 0 Å². The van der Waals surface area contributed by atoms with E-state index in [9.17, 15) is 8.42 Å². The molecule has 0 unspecified atom stereocenters. The van der Waals surface area contributed by atoms with Crippen molar-refractivity contribution in [3.8, 4) is 0 Å². The van der Waals surface area contributed by atoms with E-state index >= 15 is 0 Å². The standard InChI is InChI=1S/C17H23N5O2S/c1-11(2)19-16-9-17(21-12(3)20-16)22-7-6-13-4-5-15(25(18,23)24)8-14(13)10-22/h4-5,8-9,11H,6-7,10H2,1-3H3,(H2,18,23,24)(H,19,20,21). The topological polar surface area (TPSA) is 101 Å². The van der Waals surface area contributed by atoms with Crippen molar-refractivity contribution in [2.75, 3.05) is 16.8 Å². The van der Waals surface area contributed by atoms with Crippen LogP contribution in [0.25, 0.3) is 0 Å². The van der Waals surface area contributed by atoms with Crippen molar-refractivity contribution in [3.05, 3.63) is 41.2 Å². The highest BCUT2D eigenvalue weighted by atomic mass is 32.2. The predicted molar refractivity (Wildman–Crippen MR) is 98.1 cm³/mol. The fourth-order valence-corrected chi connectivity index (χ4v) is 3.55. The molecule has 2 heterocycles. The Morgan fingerprint density at radius 3 is 2.64 bits per heavy atom. The number of nitrogens with two attached hydrogens (primary N) is 1. The number of benzene rings is 1. The van der Waals surface area contributed by atoms with Gasteiger partial charge in [-0.2, -0.15) is 0 Å². The minimum Gasteiger partial charge on any atom is -0.368 e. The molecule has 134 valence electrons. The highest BCUT2D eigenvalue weighted by Gasteiger charge is 2.20. The maximum atomic E-state index is 11.6. The Labute approximate surface area is 148 Å². The van der Waals surface area contributed by atoms with Crippen LogP contribution in [0.1, 0.15) is 30.8 Å². The highest BCUT2D eigenvalue weighted by molar-refractivity contribution is 7.89. The van der Waals surface area contributed by atoms with Gasteiger partial charge in [0.15, 0.2) is 0 Å². The highest BCUT2D eigenvalue weighted by Crippen LogP contribution is 2.26. The van der Waals surface area contributed by atoms with Gasteiger partial charge >= 0.3 is 0 Å². The molecular formula is C17H23N5O2S. The van der Waals surface area contributed by atoms with Gasteiger partial charge in [-0.3, -0.25) is 0 Å². The van der Waals surface area contributed by atoms with Crippen LogP contribution in [0.15, 0.2) is 29.2 Å². The zero-order valence-electron chi connectivity index (χ0n) is 14.7. The summed E-state index contributed by atoms with van der Waals surface area (Å²) in [6.45, 7) is 7.40. The van der Waals surface area contributed by atoms with E-state index in [0.29, 0.717) is 12.4 Å². The molecule has 3 rings (SSSR count). The smallest absolute Gasteiger partial charge is 0.238 e. The molecule has 0 fully saturated rings. The first-order valence-corrected chi connectivity index (χ1v) is 9.79. The van der Waals surface area contributed by atoms with E-state index in [2.05, 4.69) is 34.0 Å². The van der Waals surface area contributed by atoms with Crippen molar-refractivity contribution in [3.63, 3.8) is 0 Å². The van der Waals surface area contributed by atoms with Crippen LogP contribution in [0.2, 0.25) is 0 Å². The van der Waals surface area contributed by atoms with E-state index in [1.807, 2.05) is 19.1 Å². The van der Waals surface area contributed by atoms with Gasteiger partial charge in [-0.05, 0) is 50.5 Å². The first kappa shape index (κ1) is 17.6. The van der Waals surface area contributed by atoms with E-state index in [0.717, 1.165) is 35.7 Å². The Morgan fingerprint density at radius 2 is 1.96 bits per heavy atom. The number of hydrogen-bond acceptors (Lipinski definition) is 6. The van der Waals surface area contributed by atoms with Gasteiger partial charge in [0, 0.05) is 25.2 Å². The van der Waals surface area contributed by atoms with Crippen molar-refractivity contribution in [2.45, 2.75) is 44.7 Å².